The number of hydrogen-bond acceptors (Lipinski definition) is 4. The molecule has 2 aromatic rings. The fourth-order valence-corrected chi connectivity index (χ4v) is 6.07. The molecule has 0 aliphatic heterocycles. The van der Waals surface area contributed by atoms with Crippen LogP contribution in [0.3, 0.4) is 0 Å². The third kappa shape index (κ3) is 7.81. The van der Waals surface area contributed by atoms with Crippen molar-refractivity contribution < 1.29 is 18.0 Å². The highest BCUT2D eigenvalue weighted by molar-refractivity contribution is 7.92. The number of rotatable bonds is 12. The second-order valence-corrected chi connectivity index (χ2v) is 12.0. The van der Waals surface area contributed by atoms with Crippen molar-refractivity contribution in [1.82, 2.24) is 10.2 Å². The molecule has 0 unspecified atom stereocenters. The maximum Gasteiger partial charge on any atom is 0.243 e. The molecule has 2 aromatic carbocycles. The Balaban J connectivity index is 1.75. The molecule has 1 N–H and O–H groups in total. The molecule has 0 bridgehead atoms. The van der Waals surface area contributed by atoms with E-state index in [1.54, 1.807) is 11.0 Å². The van der Waals surface area contributed by atoms with Gasteiger partial charge in [-0.1, -0.05) is 62.2 Å². The smallest absolute Gasteiger partial charge is 0.243 e. The second kappa shape index (κ2) is 13.1. The SMILES string of the molecule is CC[C@@H](C(=O)NC1CCCC1)N(Cc1ccccc1)C(=O)CCCN(c1cccc(C)c1C)S(C)(=O)=O. The number of sulfonamides is 1. The summed E-state index contributed by atoms with van der Waals surface area (Å²) in [4.78, 5) is 28.5. The number of benzene rings is 2. The summed E-state index contributed by atoms with van der Waals surface area (Å²) in [5, 5.41) is 3.16. The molecular weight excluding hydrogens is 486 g/mol. The number of carbonyl (C=O) groups is 2. The Morgan fingerprint density at radius 1 is 1.03 bits per heavy atom. The average Bonchev–Trinajstić information content (AvgIpc) is 3.36. The molecule has 3 rings (SSSR count). The van der Waals surface area contributed by atoms with Crippen molar-refractivity contribution in [3.8, 4) is 0 Å². The van der Waals surface area contributed by atoms with Crippen molar-refractivity contribution in [2.75, 3.05) is 17.1 Å². The van der Waals surface area contributed by atoms with Gasteiger partial charge >= 0.3 is 0 Å². The van der Waals surface area contributed by atoms with Gasteiger partial charge in [0.2, 0.25) is 21.8 Å². The first kappa shape index (κ1) is 28.7. The second-order valence-electron chi connectivity index (χ2n) is 10.1. The normalized spacial score (nSPS) is 14.8. The predicted molar refractivity (Wildman–Crippen MR) is 149 cm³/mol. The van der Waals surface area contributed by atoms with Crippen LogP contribution >= 0.6 is 0 Å². The van der Waals surface area contributed by atoms with E-state index < -0.39 is 16.1 Å². The Kier molecular flexibility index (Phi) is 10.1. The summed E-state index contributed by atoms with van der Waals surface area (Å²) in [6.07, 6.45) is 6.40. The van der Waals surface area contributed by atoms with Crippen LogP contribution in [0.1, 0.15) is 68.6 Å². The van der Waals surface area contributed by atoms with Gasteiger partial charge < -0.3 is 10.2 Å². The van der Waals surface area contributed by atoms with E-state index in [0.29, 0.717) is 25.1 Å². The van der Waals surface area contributed by atoms with Gasteiger partial charge in [0.05, 0.1) is 11.9 Å². The molecule has 1 aliphatic carbocycles. The van der Waals surface area contributed by atoms with E-state index >= 15 is 0 Å². The van der Waals surface area contributed by atoms with Gasteiger partial charge in [-0.2, -0.15) is 0 Å². The van der Waals surface area contributed by atoms with Gasteiger partial charge in [-0.3, -0.25) is 13.9 Å². The number of aryl methyl sites for hydroxylation is 1. The summed E-state index contributed by atoms with van der Waals surface area (Å²) in [7, 11) is -3.53. The number of nitrogens with zero attached hydrogens (tertiary/aromatic N) is 2. The molecule has 0 spiro atoms. The molecule has 0 radical (unpaired) electrons. The molecule has 7 nitrogen and oxygen atoms in total. The summed E-state index contributed by atoms with van der Waals surface area (Å²) >= 11 is 0. The molecule has 202 valence electrons. The number of amides is 2. The summed E-state index contributed by atoms with van der Waals surface area (Å²) in [6.45, 7) is 6.31. The van der Waals surface area contributed by atoms with Crippen LogP contribution in [0, 0.1) is 13.8 Å². The minimum Gasteiger partial charge on any atom is -0.352 e. The molecule has 0 heterocycles. The molecule has 1 atom stereocenters. The minimum absolute atomic E-state index is 0.105. The average molecular weight is 528 g/mol. The lowest BCUT2D eigenvalue weighted by Crippen LogP contribution is -2.51. The van der Waals surface area contributed by atoms with Crippen molar-refractivity contribution in [2.45, 2.75) is 84.3 Å². The first-order valence-corrected chi connectivity index (χ1v) is 15.1. The number of carbonyl (C=O) groups excluding carboxylic acids is 2. The lowest BCUT2D eigenvalue weighted by Gasteiger charge is -2.32. The van der Waals surface area contributed by atoms with E-state index in [-0.39, 0.29) is 30.8 Å². The Labute approximate surface area is 222 Å². The van der Waals surface area contributed by atoms with Crippen LogP contribution < -0.4 is 9.62 Å². The number of anilines is 1. The molecular formula is C29H41N3O4S. The lowest BCUT2D eigenvalue weighted by molar-refractivity contribution is -0.141. The Morgan fingerprint density at radius 3 is 2.32 bits per heavy atom. The largest absolute Gasteiger partial charge is 0.352 e. The molecule has 8 heteroatoms. The topological polar surface area (TPSA) is 86.8 Å². The van der Waals surface area contributed by atoms with Gasteiger partial charge in [-0.15, -0.1) is 0 Å². The molecule has 1 fully saturated rings. The zero-order valence-corrected chi connectivity index (χ0v) is 23.4. The molecule has 0 aromatic heterocycles. The van der Waals surface area contributed by atoms with Gasteiger partial charge in [0.15, 0.2) is 0 Å². The highest BCUT2D eigenvalue weighted by atomic mass is 32.2. The van der Waals surface area contributed by atoms with Gasteiger partial charge in [0.1, 0.15) is 6.04 Å². The highest BCUT2D eigenvalue weighted by Gasteiger charge is 2.30. The van der Waals surface area contributed by atoms with Crippen LogP contribution in [0.5, 0.6) is 0 Å². The Bertz CT molecular complexity index is 1160. The summed E-state index contributed by atoms with van der Waals surface area (Å²) in [5.41, 5.74) is 3.50. The zero-order valence-electron chi connectivity index (χ0n) is 22.6. The quantitative estimate of drug-likeness (QED) is 0.433. The summed E-state index contributed by atoms with van der Waals surface area (Å²) in [5.74, 6) is -0.251. The highest BCUT2D eigenvalue weighted by Crippen LogP contribution is 2.26. The van der Waals surface area contributed by atoms with Crippen LogP contribution in [-0.2, 0) is 26.2 Å². The van der Waals surface area contributed by atoms with Crippen molar-refractivity contribution in [3.05, 3.63) is 65.2 Å². The Morgan fingerprint density at radius 2 is 1.70 bits per heavy atom. The number of nitrogens with one attached hydrogen (secondary N) is 1. The first-order chi connectivity index (χ1) is 17.6. The summed E-state index contributed by atoms with van der Waals surface area (Å²) in [6, 6.07) is 14.9. The molecule has 0 saturated heterocycles. The van der Waals surface area contributed by atoms with Gasteiger partial charge in [-0.25, -0.2) is 8.42 Å². The minimum atomic E-state index is -3.53. The van der Waals surface area contributed by atoms with Crippen LogP contribution in [0.2, 0.25) is 0 Å². The maximum atomic E-state index is 13.6. The lowest BCUT2D eigenvalue weighted by atomic mass is 10.1. The standard InChI is InChI=1S/C29H41N3O4S/c1-5-26(29(34)30-25-16-9-10-17-25)31(21-24-14-7-6-8-15-24)28(33)19-12-20-32(37(4,35)36)27-18-11-13-22(2)23(27)3/h6-8,11,13-15,18,25-26H,5,9-10,12,16-17,19-21H2,1-4H3,(H,30,34)/t26-/m0/s1. The molecule has 1 saturated carbocycles. The number of hydrogen-bond donors (Lipinski definition) is 1. The molecule has 1 aliphatic rings. The predicted octanol–water partition coefficient (Wildman–Crippen LogP) is 4.72. The van der Waals surface area contributed by atoms with E-state index in [1.165, 1.54) is 10.6 Å². The zero-order chi connectivity index (χ0) is 27.0. The van der Waals surface area contributed by atoms with Crippen LogP contribution in [0.15, 0.2) is 48.5 Å². The third-order valence-electron chi connectivity index (χ3n) is 7.28. The van der Waals surface area contributed by atoms with E-state index in [0.717, 1.165) is 42.4 Å². The van der Waals surface area contributed by atoms with Gasteiger partial charge in [-0.05, 0) is 62.3 Å². The van der Waals surface area contributed by atoms with Crippen molar-refractivity contribution in [2.24, 2.45) is 0 Å². The van der Waals surface area contributed by atoms with Crippen molar-refractivity contribution in [3.63, 3.8) is 0 Å². The monoisotopic (exact) mass is 527 g/mol. The summed E-state index contributed by atoms with van der Waals surface area (Å²) < 4.78 is 26.6. The van der Waals surface area contributed by atoms with Gasteiger partial charge in [0, 0.05) is 25.6 Å². The third-order valence-corrected chi connectivity index (χ3v) is 8.46. The fraction of sp³-hybridized carbons (Fsp3) is 0.517. The van der Waals surface area contributed by atoms with E-state index in [2.05, 4.69) is 5.32 Å². The van der Waals surface area contributed by atoms with Crippen LogP contribution in [0.4, 0.5) is 5.69 Å². The Hall–Kier alpha value is -2.87. The van der Waals surface area contributed by atoms with E-state index in [4.69, 9.17) is 0 Å². The van der Waals surface area contributed by atoms with Gasteiger partial charge in [0.25, 0.3) is 0 Å². The van der Waals surface area contributed by atoms with Crippen LogP contribution in [0.25, 0.3) is 0 Å². The fourth-order valence-electron chi connectivity index (χ4n) is 5.06. The molecule has 37 heavy (non-hydrogen) atoms. The van der Waals surface area contributed by atoms with Crippen LogP contribution in [-0.4, -0.2) is 50.0 Å². The van der Waals surface area contributed by atoms with E-state index in [9.17, 15) is 18.0 Å². The molecule has 2 amide bonds. The van der Waals surface area contributed by atoms with E-state index in [1.807, 2.05) is 63.2 Å². The first-order valence-electron chi connectivity index (χ1n) is 13.3. The maximum absolute atomic E-state index is 13.6. The van der Waals surface area contributed by atoms with Crippen molar-refractivity contribution >= 4 is 27.5 Å². The van der Waals surface area contributed by atoms with Crippen molar-refractivity contribution in [1.29, 1.82) is 0 Å².